The number of alkyl halides is 2. The van der Waals surface area contributed by atoms with Crippen LogP contribution in [0.3, 0.4) is 0 Å². The molecule has 0 spiro atoms. The van der Waals surface area contributed by atoms with Crippen LogP contribution in [0.5, 0.6) is 0 Å². The lowest BCUT2D eigenvalue weighted by molar-refractivity contribution is 0.0589. The van der Waals surface area contributed by atoms with Gasteiger partial charge in [-0.15, -0.1) is 0 Å². The largest absolute Gasteiger partial charge is 0.465 e. The normalized spacial score (nSPS) is 10.0. The molecule has 84 valence electrons. The van der Waals surface area contributed by atoms with Gasteiger partial charge in [0.15, 0.2) is 0 Å². The summed E-state index contributed by atoms with van der Waals surface area (Å²) < 4.78 is 30.0. The number of aryl methyl sites for hydroxylation is 1. The summed E-state index contributed by atoms with van der Waals surface area (Å²) in [5, 5.41) is 8.79. The molecule has 0 bridgehead atoms. The van der Waals surface area contributed by atoms with Crippen molar-refractivity contribution >= 4 is 5.97 Å². The number of methoxy groups -OCH3 is 1. The highest BCUT2D eigenvalue weighted by Crippen LogP contribution is 2.29. The van der Waals surface area contributed by atoms with E-state index in [0.29, 0.717) is 5.56 Å². The SMILES string of the molecule is COC(=O)c1ccc(C)c(C#N)c1C(F)F. The summed E-state index contributed by atoms with van der Waals surface area (Å²) in [6, 6.07) is 4.36. The van der Waals surface area contributed by atoms with E-state index in [0.717, 1.165) is 7.11 Å². The minimum atomic E-state index is -2.89. The number of nitrogens with zero attached hydrogens (tertiary/aromatic N) is 1. The van der Waals surface area contributed by atoms with Crippen molar-refractivity contribution in [2.75, 3.05) is 7.11 Å². The van der Waals surface area contributed by atoms with Gasteiger partial charge in [0.2, 0.25) is 0 Å². The monoisotopic (exact) mass is 225 g/mol. The van der Waals surface area contributed by atoms with E-state index in [2.05, 4.69) is 4.74 Å². The molecule has 0 unspecified atom stereocenters. The second-order valence-electron chi connectivity index (χ2n) is 3.12. The Morgan fingerprint density at radius 2 is 2.12 bits per heavy atom. The van der Waals surface area contributed by atoms with Crippen molar-refractivity contribution in [1.29, 1.82) is 5.26 Å². The smallest absolute Gasteiger partial charge is 0.338 e. The van der Waals surface area contributed by atoms with E-state index in [1.54, 1.807) is 6.07 Å². The molecule has 0 heterocycles. The lowest BCUT2D eigenvalue weighted by atomic mass is 9.97. The molecule has 3 nitrogen and oxygen atoms in total. The molecule has 0 saturated heterocycles. The molecule has 0 aliphatic rings. The first kappa shape index (κ1) is 12.1. The molecule has 0 aliphatic heterocycles. The molecule has 0 aliphatic carbocycles. The van der Waals surface area contributed by atoms with Crippen molar-refractivity contribution in [2.24, 2.45) is 0 Å². The highest BCUT2D eigenvalue weighted by atomic mass is 19.3. The Labute approximate surface area is 91.3 Å². The maximum absolute atomic E-state index is 12.8. The van der Waals surface area contributed by atoms with Gasteiger partial charge >= 0.3 is 5.97 Å². The van der Waals surface area contributed by atoms with Crippen LogP contribution >= 0.6 is 0 Å². The molecule has 1 aromatic carbocycles. The Hall–Kier alpha value is -1.96. The average molecular weight is 225 g/mol. The third-order valence-corrected chi connectivity index (χ3v) is 2.19. The number of esters is 1. The van der Waals surface area contributed by atoms with Gasteiger partial charge in [0, 0.05) is 0 Å². The van der Waals surface area contributed by atoms with E-state index in [1.165, 1.54) is 19.1 Å². The summed E-state index contributed by atoms with van der Waals surface area (Å²) >= 11 is 0. The molecule has 0 amide bonds. The van der Waals surface area contributed by atoms with Gasteiger partial charge in [-0.25, -0.2) is 13.6 Å². The Kier molecular flexibility index (Phi) is 3.56. The summed E-state index contributed by atoms with van der Waals surface area (Å²) in [5.74, 6) is -0.869. The molecule has 0 aromatic heterocycles. The quantitative estimate of drug-likeness (QED) is 0.727. The number of halogens is 2. The molecule has 1 rings (SSSR count). The molecule has 0 N–H and O–H groups in total. The van der Waals surface area contributed by atoms with Crippen molar-refractivity contribution in [3.63, 3.8) is 0 Å². The number of rotatable bonds is 2. The lowest BCUT2D eigenvalue weighted by Gasteiger charge is -2.10. The molecule has 0 saturated carbocycles. The zero-order chi connectivity index (χ0) is 12.3. The van der Waals surface area contributed by atoms with Crippen molar-refractivity contribution in [3.8, 4) is 6.07 Å². The molecule has 0 atom stereocenters. The Balaban J connectivity index is 3.53. The zero-order valence-electron chi connectivity index (χ0n) is 8.75. The maximum atomic E-state index is 12.8. The molecule has 5 heteroatoms. The fraction of sp³-hybridized carbons (Fsp3) is 0.273. The number of hydrogen-bond donors (Lipinski definition) is 0. The number of benzene rings is 1. The third-order valence-electron chi connectivity index (χ3n) is 2.19. The Morgan fingerprint density at radius 3 is 2.56 bits per heavy atom. The van der Waals surface area contributed by atoms with Crippen molar-refractivity contribution in [2.45, 2.75) is 13.3 Å². The maximum Gasteiger partial charge on any atom is 0.338 e. The minimum Gasteiger partial charge on any atom is -0.465 e. The number of carbonyl (C=O) groups excluding carboxylic acids is 1. The van der Waals surface area contributed by atoms with E-state index in [-0.39, 0.29) is 11.1 Å². The fourth-order valence-corrected chi connectivity index (χ4v) is 1.39. The van der Waals surface area contributed by atoms with Gasteiger partial charge in [-0.3, -0.25) is 0 Å². The minimum absolute atomic E-state index is 0.169. The summed E-state index contributed by atoms with van der Waals surface area (Å²) in [7, 11) is 1.10. The van der Waals surface area contributed by atoms with E-state index in [1.807, 2.05) is 0 Å². The predicted octanol–water partition coefficient (Wildman–Crippen LogP) is 2.59. The standard InChI is InChI=1S/C11H9F2NO2/c1-6-3-4-7(11(15)16-2)9(10(12)13)8(6)5-14/h3-4,10H,1-2H3. The van der Waals surface area contributed by atoms with Gasteiger partial charge in [0.05, 0.1) is 29.9 Å². The molecule has 0 radical (unpaired) electrons. The molecular formula is C11H9F2NO2. The Bertz CT molecular complexity index is 464. The van der Waals surface area contributed by atoms with Crippen LogP contribution in [0.1, 0.15) is 33.5 Å². The summed E-state index contributed by atoms with van der Waals surface area (Å²) in [4.78, 5) is 11.3. The van der Waals surface area contributed by atoms with Crippen LogP contribution in [0.4, 0.5) is 8.78 Å². The van der Waals surface area contributed by atoms with E-state index < -0.39 is 18.0 Å². The molecule has 0 fully saturated rings. The highest BCUT2D eigenvalue weighted by molar-refractivity contribution is 5.92. The van der Waals surface area contributed by atoms with Gasteiger partial charge in [0.25, 0.3) is 6.43 Å². The number of ether oxygens (including phenoxy) is 1. The second-order valence-corrected chi connectivity index (χ2v) is 3.12. The van der Waals surface area contributed by atoms with Gasteiger partial charge in [-0.05, 0) is 18.6 Å². The van der Waals surface area contributed by atoms with Crippen LogP contribution in [0.15, 0.2) is 12.1 Å². The number of nitriles is 1. The van der Waals surface area contributed by atoms with Crippen LogP contribution in [-0.2, 0) is 4.74 Å². The molecular weight excluding hydrogens is 216 g/mol. The summed E-state index contributed by atoms with van der Waals surface area (Å²) in [5.41, 5.74) is -0.586. The average Bonchev–Trinajstić information content (AvgIpc) is 2.27. The van der Waals surface area contributed by atoms with Gasteiger partial charge in [0.1, 0.15) is 0 Å². The van der Waals surface area contributed by atoms with Crippen LogP contribution in [0, 0.1) is 18.3 Å². The topological polar surface area (TPSA) is 50.1 Å². The highest BCUT2D eigenvalue weighted by Gasteiger charge is 2.23. The summed E-state index contributed by atoms with van der Waals surface area (Å²) in [6.45, 7) is 1.53. The van der Waals surface area contributed by atoms with Crippen LogP contribution in [-0.4, -0.2) is 13.1 Å². The fourth-order valence-electron chi connectivity index (χ4n) is 1.39. The predicted molar refractivity (Wildman–Crippen MR) is 52.2 cm³/mol. The molecule has 1 aromatic rings. The van der Waals surface area contributed by atoms with Crippen LogP contribution in [0.2, 0.25) is 0 Å². The zero-order valence-corrected chi connectivity index (χ0v) is 8.75. The van der Waals surface area contributed by atoms with Gasteiger partial charge in [-0.2, -0.15) is 5.26 Å². The van der Waals surface area contributed by atoms with E-state index in [9.17, 15) is 13.6 Å². The lowest BCUT2D eigenvalue weighted by Crippen LogP contribution is -2.09. The van der Waals surface area contributed by atoms with Crippen LogP contribution < -0.4 is 0 Å². The first-order chi connectivity index (χ1) is 7.52. The number of carbonyl (C=O) groups is 1. The third kappa shape index (κ3) is 2.01. The van der Waals surface area contributed by atoms with Crippen LogP contribution in [0.25, 0.3) is 0 Å². The van der Waals surface area contributed by atoms with E-state index >= 15 is 0 Å². The summed E-state index contributed by atoms with van der Waals surface area (Å²) in [6.07, 6.45) is -2.89. The second kappa shape index (κ2) is 4.71. The van der Waals surface area contributed by atoms with E-state index in [4.69, 9.17) is 5.26 Å². The van der Waals surface area contributed by atoms with Crippen molar-refractivity contribution in [1.82, 2.24) is 0 Å². The Morgan fingerprint density at radius 1 is 1.50 bits per heavy atom. The molecule has 16 heavy (non-hydrogen) atoms. The first-order valence-electron chi connectivity index (χ1n) is 4.43. The van der Waals surface area contributed by atoms with Crippen molar-refractivity contribution < 1.29 is 18.3 Å². The first-order valence-corrected chi connectivity index (χ1v) is 4.43. The number of hydrogen-bond acceptors (Lipinski definition) is 3. The van der Waals surface area contributed by atoms with Gasteiger partial charge < -0.3 is 4.74 Å². The van der Waals surface area contributed by atoms with Gasteiger partial charge in [-0.1, -0.05) is 6.07 Å². The van der Waals surface area contributed by atoms with Crippen molar-refractivity contribution in [3.05, 3.63) is 34.4 Å².